The van der Waals surface area contributed by atoms with Gasteiger partial charge in [-0.05, 0) is 43.3 Å². The number of rotatable bonds is 8. The van der Waals surface area contributed by atoms with Crippen LogP contribution in [-0.4, -0.2) is 33.2 Å². The normalized spacial score (nSPS) is 11.1. The van der Waals surface area contributed by atoms with Crippen molar-refractivity contribution in [1.29, 1.82) is 0 Å². The van der Waals surface area contributed by atoms with E-state index in [-0.39, 0.29) is 23.0 Å². The lowest BCUT2D eigenvalue weighted by Gasteiger charge is -2.08. The van der Waals surface area contributed by atoms with Crippen molar-refractivity contribution in [2.45, 2.75) is 18.2 Å². The van der Waals surface area contributed by atoms with Crippen molar-refractivity contribution < 1.29 is 17.9 Å². The molecular formula is C18H20ClNO4S. The highest BCUT2D eigenvalue weighted by molar-refractivity contribution is 7.91. The minimum Gasteiger partial charge on any atom is -0.492 e. The van der Waals surface area contributed by atoms with Crippen molar-refractivity contribution in [1.82, 2.24) is 5.32 Å². The summed E-state index contributed by atoms with van der Waals surface area (Å²) in [5, 5.41) is 3.11. The Balaban J connectivity index is 1.71. The van der Waals surface area contributed by atoms with E-state index in [4.69, 9.17) is 16.3 Å². The Bertz CT molecular complexity index is 802. The molecule has 0 heterocycles. The maximum atomic E-state index is 12.1. The van der Waals surface area contributed by atoms with Crippen molar-refractivity contribution >= 4 is 27.3 Å². The molecule has 0 radical (unpaired) electrons. The van der Waals surface area contributed by atoms with Crippen molar-refractivity contribution in [3.63, 3.8) is 0 Å². The highest BCUT2D eigenvalue weighted by atomic mass is 35.5. The molecular weight excluding hydrogens is 362 g/mol. The van der Waals surface area contributed by atoms with Gasteiger partial charge in [-0.3, -0.25) is 4.79 Å². The summed E-state index contributed by atoms with van der Waals surface area (Å²) in [6, 6.07) is 13.5. The third-order valence-corrected chi connectivity index (χ3v) is 5.47. The maximum Gasteiger partial charge on any atom is 0.221 e. The summed E-state index contributed by atoms with van der Waals surface area (Å²) in [6.45, 7) is 2.62. The molecule has 1 amide bonds. The molecule has 0 atom stereocenters. The molecule has 0 bridgehead atoms. The molecule has 0 aromatic heterocycles. The predicted molar refractivity (Wildman–Crippen MR) is 97.8 cm³/mol. The zero-order valence-electron chi connectivity index (χ0n) is 13.9. The number of hydrogen-bond donors (Lipinski definition) is 1. The number of aryl methyl sites for hydroxylation is 1. The van der Waals surface area contributed by atoms with Gasteiger partial charge in [0.25, 0.3) is 0 Å². The van der Waals surface area contributed by atoms with Crippen molar-refractivity contribution in [3.8, 4) is 5.75 Å². The minimum atomic E-state index is -3.50. The van der Waals surface area contributed by atoms with Gasteiger partial charge in [0.2, 0.25) is 5.91 Å². The van der Waals surface area contributed by atoms with Crippen LogP contribution in [0.3, 0.4) is 0 Å². The summed E-state index contributed by atoms with van der Waals surface area (Å²) in [5.74, 6) is 0.148. The van der Waals surface area contributed by atoms with Crippen LogP contribution < -0.4 is 10.1 Å². The van der Waals surface area contributed by atoms with Gasteiger partial charge in [-0.25, -0.2) is 8.42 Å². The SMILES string of the molecule is Cc1ccc(OCCNC(=O)CCS(=O)(=O)c2ccc(Cl)cc2)cc1. The first-order valence-corrected chi connectivity index (χ1v) is 9.84. The molecule has 2 aromatic carbocycles. The van der Waals surface area contributed by atoms with Crippen LogP contribution in [0.1, 0.15) is 12.0 Å². The standard InChI is InChI=1S/C18H20ClNO4S/c1-14-2-6-16(7-3-14)24-12-11-20-18(21)10-13-25(22,23)17-8-4-15(19)5-9-17/h2-9H,10-13H2,1H3,(H,20,21). The zero-order valence-corrected chi connectivity index (χ0v) is 15.4. The van der Waals surface area contributed by atoms with Gasteiger partial charge in [0.05, 0.1) is 17.2 Å². The summed E-state index contributed by atoms with van der Waals surface area (Å²) in [5.41, 5.74) is 1.14. The van der Waals surface area contributed by atoms with Crippen LogP contribution >= 0.6 is 11.6 Å². The van der Waals surface area contributed by atoms with E-state index < -0.39 is 9.84 Å². The largest absolute Gasteiger partial charge is 0.492 e. The van der Waals surface area contributed by atoms with Crippen molar-refractivity contribution in [2.24, 2.45) is 0 Å². The third-order valence-electron chi connectivity index (χ3n) is 3.48. The van der Waals surface area contributed by atoms with E-state index in [1.54, 1.807) is 0 Å². The molecule has 0 saturated heterocycles. The summed E-state index contributed by atoms with van der Waals surface area (Å²) < 4.78 is 29.8. The van der Waals surface area contributed by atoms with E-state index in [0.717, 1.165) is 11.3 Å². The molecule has 0 aliphatic carbocycles. The molecule has 25 heavy (non-hydrogen) atoms. The van der Waals surface area contributed by atoms with Gasteiger partial charge in [0, 0.05) is 11.4 Å². The van der Waals surface area contributed by atoms with Crippen LogP contribution in [0, 0.1) is 6.92 Å². The first-order chi connectivity index (χ1) is 11.9. The molecule has 0 fully saturated rings. The van der Waals surface area contributed by atoms with E-state index in [9.17, 15) is 13.2 Å². The van der Waals surface area contributed by atoms with Crippen LogP contribution in [0.25, 0.3) is 0 Å². The number of carbonyl (C=O) groups excluding carboxylic acids is 1. The Morgan fingerprint density at radius 3 is 2.36 bits per heavy atom. The van der Waals surface area contributed by atoms with Crippen LogP contribution in [0.5, 0.6) is 5.75 Å². The molecule has 1 N–H and O–H groups in total. The Kier molecular flexibility index (Phi) is 6.84. The second-order valence-corrected chi connectivity index (χ2v) is 8.08. The minimum absolute atomic E-state index is 0.102. The lowest BCUT2D eigenvalue weighted by atomic mass is 10.2. The number of ether oxygens (including phenoxy) is 1. The molecule has 0 unspecified atom stereocenters. The Labute approximate surface area is 152 Å². The van der Waals surface area contributed by atoms with E-state index in [1.807, 2.05) is 31.2 Å². The average molecular weight is 382 g/mol. The monoisotopic (exact) mass is 381 g/mol. The van der Waals surface area contributed by atoms with E-state index in [1.165, 1.54) is 24.3 Å². The Morgan fingerprint density at radius 1 is 1.08 bits per heavy atom. The molecule has 134 valence electrons. The van der Waals surface area contributed by atoms with E-state index in [2.05, 4.69) is 5.32 Å². The molecule has 5 nitrogen and oxygen atoms in total. The number of hydrogen-bond acceptors (Lipinski definition) is 4. The maximum absolute atomic E-state index is 12.1. The molecule has 0 saturated carbocycles. The van der Waals surface area contributed by atoms with Crippen LogP contribution in [0.4, 0.5) is 0 Å². The molecule has 0 spiro atoms. The van der Waals surface area contributed by atoms with Crippen LogP contribution in [-0.2, 0) is 14.6 Å². The molecule has 2 aromatic rings. The van der Waals surface area contributed by atoms with Gasteiger partial charge in [-0.15, -0.1) is 0 Å². The van der Waals surface area contributed by atoms with Gasteiger partial charge < -0.3 is 10.1 Å². The topological polar surface area (TPSA) is 72.5 Å². The van der Waals surface area contributed by atoms with E-state index >= 15 is 0 Å². The van der Waals surface area contributed by atoms with Crippen molar-refractivity contribution in [2.75, 3.05) is 18.9 Å². The fraction of sp³-hybridized carbons (Fsp3) is 0.278. The number of halogens is 1. The van der Waals surface area contributed by atoms with Gasteiger partial charge >= 0.3 is 0 Å². The fourth-order valence-electron chi connectivity index (χ4n) is 2.07. The average Bonchev–Trinajstić information content (AvgIpc) is 2.59. The Morgan fingerprint density at radius 2 is 1.72 bits per heavy atom. The molecule has 7 heteroatoms. The van der Waals surface area contributed by atoms with Crippen LogP contribution in [0.2, 0.25) is 5.02 Å². The van der Waals surface area contributed by atoms with Crippen molar-refractivity contribution in [3.05, 3.63) is 59.1 Å². The van der Waals surface area contributed by atoms with Gasteiger partial charge in [-0.2, -0.15) is 0 Å². The fourth-order valence-corrected chi connectivity index (χ4v) is 3.44. The highest BCUT2D eigenvalue weighted by Crippen LogP contribution is 2.16. The zero-order chi connectivity index (χ0) is 18.3. The first-order valence-electron chi connectivity index (χ1n) is 7.81. The first kappa shape index (κ1) is 19.3. The lowest BCUT2D eigenvalue weighted by Crippen LogP contribution is -2.29. The highest BCUT2D eigenvalue weighted by Gasteiger charge is 2.16. The summed E-state index contributed by atoms with van der Waals surface area (Å²) in [4.78, 5) is 11.9. The quantitative estimate of drug-likeness (QED) is 0.713. The summed E-state index contributed by atoms with van der Waals surface area (Å²) in [6.07, 6.45) is -0.102. The second kappa shape index (κ2) is 8.87. The number of sulfone groups is 1. The molecule has 0 aliphatic rings. The second-order valence-electron chi connectivity index (χ2n) is 5.53. The smallest absolute Gasteiger partial charge is 0.221 e. The summed E-state index contributed by atoms with van der Waals surface area (Å²) >= 11 is 5.74. The Hall–Kier alpha value is -2.05. The lowest BCUT2D eigenvalue weighted by molar-refractivity contribution is -0.120. The van der Waals surface area contributed by atoms with Gasteiger partial charge in [0.1, 0.15) is 12.4 Å². The number of carbonyl (C=O) groups is 1. The van der Waals surface area contributed by atoms with E-state index in [0.29, 0.717) is 18.2 Å². The predicted octanol–water partition coefficient (Wildman–Crippen LogP) is 3.01. The van der Waals surface area contributed by atoms with Gasteiger partial charge in [-0.1, -0.05) is 29.3 Å². The number of nitrogens with one attached hydrogen (secondary N) is 1. The number of benzene rings is 2. The van der Waals surface area contributed by atoms with Gasteiger partial charge in [0.15, 0.2) is 9.84 Å². The summed E-state index contributed by atoms with van der Waals surface area (Å²) in [7, 11) is -3.50. The third kappa shape index (κ3) is 6.40. The van der Waals surface area contributed by atoms with Crippen LogP contribution in [0.15, 0.2) is 53.4 Å². The number of amides is 1. The molecule has 2 rings (SSSR count). The molecule has 0 aliphatic heterocycles.